The summed E-state index contributed by atoms with van der Waals surface area (Å²) in [6, 6.07) is 11.5. The molecule has 0 spiro atoms. The summed E-state index contributed by atoms with van der Waals surface area (Å²) >= 11 is 0. The SMILES string of the molecule is Cc1c2ccncc2cc2c3cc(OCC(C)NC(C)C)ccc3n(C)c12. The highest BCUT2D eigenvalue weighted by molar-refractivity contribution is 6.14. The van der Waals surface area contributed by atoms with Gasteiger partial charge in [0, 0.05) is 53.2 Å². The molecule has 0 radical (unpaired) electrons. The third kappa shape index (κ3) is 3.15. The maximum atomic E-state index is 6.07. The van der Waals surface area contributed by atoms with Crippen molar-refractivity contribution in [1.82, 2.24) is 14.9 Å². The maximum Gasteiger partial charge on any atom is 0.120 e. The number of aromatic nitrogens is 2. The van der Waals surface area contributed by atoms with Crippen molar-refractivity contribution < 1.29 is 4.74 Å². The topological polar surface area (TPSA) is 39.1 Å². The fourth-order valence-corrected chi connectivity index (χ4v) is 4.13. The Labute approximate surface area is 160 Å². The molecule has 0 aliphatic heterocycles. The summed E-state index contributed by atoms with van der Waals surface area (Å²) < 4.78 is 8.35. The van der Waals surface area contributed by atoms with E-state index in [1.54, 1.807) is 0 Å². The average molecular weight is 361 g/mol. The second-order valence-electron chi connectivity index (χ2n) is 7.77. The van der Waals surface area contributed by atoms with E-state index in [0.29, 0.717) is 18.7 Å². The molecule has 0 fully saturated rings. The molecule has 1 N–H and O–H groups in total. The summed E-state index contributed by atoms with van der Waals surface area (Å²) in [7, 11) is 2.14. The molecule has 0 aliphatic rings. The zero-order valence-corrected chi connectivity index (χ0v) is 16.7. The van der Waals surface area contributed by atoms with Gasteiger partial charge in [-0.1, -0.05) is 13.8 Å². The van der Waals surface area contributed by atoms with Crippen LogP contribution in [0.25, 0.3) is 32.6 Å². The van der Waals surface area contributed by atoms with Crippen LogP contribution in [0.3, 0.4) is 0 Å². The van der Waals surface area contributed by atoms with Gasteiger partial charge in [-0.2, -0.15) is 0 Å². The number of pyridine rings is 1. The quantitative estimate of drug-likeness (QED) is 0.546. The highest BCUT2D eigenvalue weighted by Gasteiger charge is 2.14. The van der Waals surface area contributed by atoms with Crippen molar-refractivity contribution >= 4 is 32.6 Å². The summed E-state index contributed by atoms with van der Waals surface area (Å²) in [5.74, 6) is 0.913. The van der Waals surface area contributed by atoms with E-state index in [4.69, 9.17) is 4.74 Å². The van der Waals surface area contributed by atoms with Crippen LogP contribution in [0.2, 0.25) is 0 Å². The first-order chi connectivity index (χ1) is 13.0. The Hall–Kier alpha value is -2.59. The first kappa shape index (κ1) is 17.8. The zero-order valence-electron chi connectivity index (χ0n) is 16.7. The number of benzene rings is 2. The highest BCUT2D eigenvalue weighted by atomic mass is 16.5. The van der Waals surface area contributed by atoms with E-state index in [1.165, 1.54) is 38.1 Å². The lowest BCUT2D eigenvalue weighted by Crippen LogP contribution is -2.36. The van der Waals surface area contributed by atoms with Crippen molar-refractivity contribution in [1.29, 1.82) is 0 Å². The fraction of sp³-hybridized carbons (Fsp3) is 0.348. The second kappa shape index (κ2) is 6.86. The maximum absolute atomic E-state index is 6.07. The largest absolute Gasteiger partial charge is 0.492 e. The Balaban J connectivity index is 1.80. The normalized spacial score (nSPS) is 13.1. The molecule has 2 aromatic carbocycles. The zero-order chi connectivity index (χ0) is 19.1. The molecular formula is C23H27N3O. The molecule has 4 rings (SSSR count). The number of fused-ring (bicyclic) bond motifs is 4. The molecule has 0 saturated carbocycles. The summed E-state index contributed by atoms with van der Waals surface area (Å²) in [5.41, 5.74) is 3.79. The third-order valence-corrected chi connectivity index (χ3v) is 5.24. The predicted molar refractivity (Wildman–Crippen MR) is 114 cm³/mol. The first-order valence-electron chi connectivity index (χ1n) is 9.60. The van der Waals surface area contributed by atoms with Gasteiger partial charge in [0.05, 0.1) is 5.52 Å². The molecule has 140 valence electrons. The lowest BCUT2D eigenvalue weighted by molar-refractivity contribution is 0.266. The monoisotopic (exact) mass is 361 g/mol. The molecule has 4 aromatic rings. The van der Waals surface area contributed by atoms with Gasteiger partial charge in [0.2, 0.25) is 0 Å². The molecule has 27 heavy (non-hydrogen) atoms. The Morgan fingerprint density at radius 3 is 2.67 bits per heavy atom. The number of rotatable bonds is 5. The minimum Gasteiger partial charge on any atom is -0.492 e. The summed E-state index contributed by atoms with van der Waals surface area (Å²) in [6.45, 7) is 9.31. The molecule has 1 atom stereocenters. The highest BCUT2D eigenvalue weighted by Crippen LogP contribution is 2.36. The van der Waals surface area contributed by atoms with E-state index >= 15 is 0 Å². The van der Waals surface area contributed by atoms with Crippen LogP contribution in [0, 0.1) is 6.92 Å². The van der Waals surface area contributed by atoms with Crippen molar-refractivity contribution in [3.63, 3.8) is 0 Å². The second-order valence-corrected chi connectivity index (χ2v) is 7.77. The van der Waals surface area contributed by atoms with Gasteiger partial charge in [-0.3, -0.25) is 4.98 Å². The van der Waals surface area contributed by atoms with Gasteiger partial charge in [-0.15, -0.1) is 0 Å². The Kier molecular flexibility index (Phi) is 4.52. The Morgan fingerprint density at radius 1 is 1.07 bits per heavy atom. The summed E-state index contributed by atoms with van der Waals surface area (Å²) in [6.07, 6.45) is 3.81. The van der Waals surface area contributed by atoms with E-state index in [2.05, 4.69) is 79.9 Å². The molecular weight excluding hydrogens is 334 g/mol. The summed E-state index contributed by atoms with van der Waals surface area (Å²) in [5, 5.41) is 8.39. The van der Waals surface area contributed by atoms with Gasteiger partial charge in [0.15, 0.2) is 0 Å². The number of nitrogens with zero attached hydrogens (tertiary/aromatic N) is 2. The van der Waals surface area contributed by atoms with Gasteiger partial charge in [0.1, 0.15) is 12.4 Å². The lowest BCUT2D eigenvalue weighted by Gasteiger charge is -2.17. The van der Waals surface area contributed by atoms with Crippen molar-refractivity contribution in [2.45, 2.75) is 39.8 Å². The van der Waals surface area contributed by atoms with E-state index in [1.807, 2.05) is 12.4 Å². The molecule has 2 heterocycles. The fourth-order valence-electron chi connectivity index (χ4n) is 4.13. The number of hydrogen-bond acceptors (Lipinski definition) is 3. The number of aryl methyl sites for hydroxylation is 2. The van der Waals surface area contributed by atoms with Crippen LogP contribution >= 0.6 is 0 Å². The average Bonchev–Trinajstić information content (AvgIpc) is 2.92. The predicted octanol–water partition coefficient (Wildman–Crippen LogP) is 4.95. The van der Waals surface area contributed by atoms with Crippen molar-refractivity contribution in [2.24, 2.45) is 7.05 Å². The van der Waals surface area contributed by atoms with Gasteiger partial charge < -0.3 is 14.6 Å². The molecule has 4 heteroatoms. The van der Waals surface area contributed by atoms with Gasteiger partial charge in [-0.05, 0) is 55.1 Å². The van der Waals surface area contributed by atoms with Gasteiger partial charge in [-0.25, -0.2) is 0 Å². The number of hydrogen-bond donors (Lipinski definition) is 1. The smallest absolute Gasteiger partial charge is 0.120 e. The lowest BCUT2D eigenvalue weighted by atomic mass is 10.0. The van der Waals surface area contributed by atoms with Crippen LogP contribution < -0.4 is 10.1 Å². The van der Waals surface area contributed by atoms with Crippen molar-refractivity contribution in [3.8, 4) is 5.75 Å². The molecule has 0 bridgehead atoms. The molecule has 0 saturated heterocycles. The van der Waals surface area contributed by atoms with Crippen LogP contribution in [0.1, 0.15) is 26.3 Å². The molecule has 0 aliphatic carbocycles. The standard InChI is InChI=1S/C23H27N3O/c1-14(2)25-15(3)13-27-18-6-7-22-20(11-18)21-10-17-12-24-9-8-19(17)16(4)23(21)26(22)5/h6-12,14-15,25H,13H2,1-5H3. The molecule has 4 nitrogen and oxygen atoms in total. The van der Waals surface area contributed by atoms with Gasteiger partial charge in [0.25, 0.3) is 0 Å². The van der Waals surface area contributed by atoms with E-state index in [0.717, 1.165) is 5.75 Å². The van der Waals surface area contributed by atoms with Gasteiger partial charge >= 0.3 is 0 Å². The molecule has 2 aromatic heterocycles. The minimum atomic E-state index is 0.311. The van der Waals surface area contributed by atoms with Crippen molar-refractivity contribution in [2.75, 3.05) is 6.61 Å². The van der Waals surface area contributed by atoms with Crippen LogP contribution in [-0.4, -0.2) is 28.2 Å². The number of ether oxygens (including phenoxy) is 1. The van der Waals surface area contributed by atoms with E-state index < -0.39 is 0 Å². The molecule has 0 amide bonds. The van der Waals surface area contributed by atoms with Crippen LogP contribution in [-0.2, 0) is 7.05 Å². The van der Waals surface area contributed by atoms with E-state index in [9.17, 15) is 0 Å². The van der Waals surface area contributed by atoms with E-state index in [-0.39, 0.29) is 0 Å². The first-order valence-corrected chi connectivity index (χ1v) is 9.60. The number of nitrogens with one attached hydrogen (secondary N) is 1. The Bertz CT molecular complexity index is 1130. The van der Waals surface area contributed by atoms with Crippen LogP contribution in [0.5, 0.6) is 5.75 Å². The third-order valence-electron chi connectivity index (χ3n) is 5.24. The minimum absolute atomic E-state index is 0.311. The summed E-state index contributed by atoms with van der Waals surface area (Å²) in [4.78, 5) is 4.30. The van der Waals surface area contributed by atoms with Crippen LogP contribution in [0.4, 0.5) is 0 Å². The van der Waals surface area contributed by atoms with Crippen molar-refractivity contribution in [3.05, 3.63) is 48.3 Å². The Morgan fingerprint density at radius 2 is 1.89 bits per heavy atom. The van der Waals surface area contributed by atoms with Crippen LogP contribution in [0.15, 0.2) is 42.7 Å². The molecule has 1 unspecified atom stereocenters.